The standard InChI is InChI=1S/C29H39ClN4O/c1-35-29-8-4-3-7-28(29)34-19-17-33(18-20-34)14-6-2-5-13-32-15-11-23(12-16-32)26-22-31-27-21-24(30)9-10-25(26)27/h3-4,7-10,21-23,31H,2,5-6,11-20H2,1H3. The second-order valence-electron chi connectivity index (χ2n) is 10.1. The minimum absolute atomic E-state index is 0.663. The van der Waals surface area contributed by atoms with Crippen LogP contribution in [0.15, 0.2) is 48.7 Å². The van der Waals surface area contributed by atoms with E-state index in [1.807, 2.05) is 18.2 Å². The molecule has 1 aromatic heterocycles. The summed E-state index contributed by atoms with van der Waals surface area (Å²) < 4.78 is 5.55. The summed E-state index contributed by atoms with van der Waals surface area (Å²) in [6, 6.07) is 14.6. The molecule has 2 saturated heterocycles. The van der Waals surface area contributed by atoms with E-state index < -0.39 is 0 Å². The lowest BCUT2D eigenvalue weighted by molar-refractivity contribution is 0.205. The van der Waals surface area contributed by atoms with Crippen LogP contribution in [0.4, 0.5) is 5.69 Å². The number of likely N-dealkylation sites (tertiary alicyclic amines) is 1. The molecule has 0 radical (unpaired) electrons. The van der Waals surface area contributed by atoms with Gasteiger partial charge in [-0.05, 0) is 87.6 Å². The van der Waals surface area contributed by atoms with Crippen LogP contribution < -0.4 is 9.64 Å². The first-order chi connectivity index (χ1) is 17.2. The lowest BCUT2D eigenvalue weighted by atomic mass is 9.89. The molecular formula is C29H39ClN4O. The first-order valence-electron chi connectivity index (χ1n) is 13.3. The Hall–Kier alpha value is -2.21. The van der Waals surface area contributed by atoms with Crippen molar-refractivity contribution in [1.82, 2.24) is 14.8 Å². The predicted molar refractivity (Wildman–Crippen MR) is 147 cm³/mol. The van der Waals surface area contributed by atoms with E-state index in [1.165, 1.54) is 74.9 Å². The number of methoxy groups -OCH3 is 1. The Morgan fingerprint density at radius 3 is 2.34 bits per heavy atom. The van der Waals surface area contributed by atoms with Gasteiger partial charge in [0.25, 0.3) is 0 Å². The van der Waals surface area contributed by atoms with Gasteiger partial charge in [-0.15, -0.1) is 0 Å². The van der Waals surface area contributed by atoms with Gasteiger partial charge in [0, 0.05) is 48.3 Å². The fourth-order valence-electron chi connectivity index (χ4n) is 5.88. The van der Waals surface area contributed by atoms with Crippen LogP contribution >= 0.6 is 11.6 Å². The maximum absolute atomic E-state index is 6.15. The van der Waals surface area contributed by atoms with Crippen LogP contribution in [0.3, 0.4) is 0 Å². The Morgan fingerprint density at radius 1 is 0.886 bits per heavy atom. The third kappa shape index (κ3) is 5.96. The Balaban J connectivity index is 0.971. The van der Waals surface area contributed by atoms with E-state index >= 15 is 0 Å². The average Bonchev–Trinajstić information content (AvgIpc) is 3.32. The van der Waals surface area contributed by atoms with Gasteiger partial charge < -0.3 is 19.5 Å². The molecule has 6 heteroatoms. The number of hydrogen-bond acceptors (Lipinski definition) is 4. The summed E-state index contributed by atoms with van der Waals surface area (Å²) in [5, 5.41) is 2.15. The molecule has 5 nitrogen and oxygen atoms in total. The number of unbranched alkanes of at least 4 members (excludes halogenated alkanes) is 2. The molecule has 0 atom stereocenters. The number of aromatic nitrogens is 1. The number of rotatable bonds is 9. The SMILES string of the molecule is COc1ccccc1N1CCN(CCCCCN2CCC(c3c[nH]c4cc(Cl)ccc34)CC2)CC1. The average molecular weight is 495 g/mol. The van der Waals surface area contributed by atoms with Gasteiger partial charge in [-0.3, -0.25) is 4.90 Å². The molecule has 0 aliphatic carbocycles. The van der Waals surface area contributed by atoms with E-state index in [1.54, 1.807) is 7.11 Å². The van der Waals surface area contributed by atoms with Gasteiger partial charge in [0.1, 0.15) is 5.75 Å². The van der Waals surface area contributed by atoms with Gasteiger partial charge in [-0.25, -0.2) is 0 Å². The van der Waals surface area contributed by atoms with Crippen LogP contribution in [-0.4, -0.2) is 74.3 Å². The lowest BCUT2D eigenvalue weighted by Crippen LogP contribution is -2.46. The molecule has 35 heavy (non-hydrogen) atoms. The summed E-state index contributed by atoms with van der Waals surface area (Å²) in [4.78, 5) is 11.2. The van der Waals surface area contributed by atoms with E-state index in [0.29, 0.717) is 5.92 Å². The minimum atomic E-state index is 0.663. The van der Waals surface area contributed by atoms with Crippen molar-refractivity contribution < 1.29 is 4.74 Å². The molecule has 2 fully saturated rings. The number of fused-ring (bicyclic) bond motifs is 1. The number of benzene rings is 2. The van der Waals surface area contributed by atoms with E-state index in [-0.39, 0.29) is 0 Å². The largest absolute Gasteiger partial charge is 0.495 e. The molecule has 2 aliphatic rings. The van der Waals surface area contributed by atoms with Crippen molar-refractivity contribution in [1.29, 1.82) is 0 Å². The van der Waals surface area contributed by atoms with E-state index in [2.05, 4.69) is 50.1 Å². The zero-order valence-corrected chi connectivity index (χ0v) is 21.8. The summed E-state index contributed by atoms with van der Waals surface area (Å²) in [5.74, 6) is 1.65. The van der Waals surface area contributed by atoms with Crippen molar-refractivity contribution in [2.75, 3.05) is 64.4 Å². The van der Waals surface area contributed by atoms with Crippen molar-refractivity contribution in [3.05, 3.63) is 59.2 Å². The molecular weight excluding hydrogens is 456 g/mol. The lowest BCUT2D eigenvalue weighted by Gasteiger charge is -2.36. The number of ether oxygens (including phenoxy) is 1. The van der Waals surface area contributed by atoms with Gasteiger partial charge in [0.2, 0.25) is 0 Å². The number of piperazine rings is 1. The predicted octanol–water partition coefficient (Wildman–Crippen LogP) is 6.00. The molecule has 3 heterocycles. The molecule has 5 rings (SSSR count). The zero-order valence-electron chi connectivity index (χ0n) is 21.0. The third-order valence-electron chi connectivity index (χ3n) is 7.95. The summed E-state index contributed by atoms with van der Waals surface area (Å²) in [6.07, 6.45) is 8.67. The highest BCUT2D eigenvalue weighted by Gasteiger charge is 2.23. The first-order valence-corrected chi connectivity index (χ1v) is 13.7. The van der Waals surface area contributed by atoms with Gasteiger partial charge >= 0.3 is 0 Å². The third-order valence-corrected chi connectivity index (χ3v) is 8.19. The zero-order chi connectivity index (χ0) is 24.0. The molecule has 2 aliphatic heterocycles. The van der Waals surface area contributed by atoms with E-state index in [4.69, 9.17) is 16.3 Å². The summed E-state index contributed by atoms with van der Waals surface area (Å²) in [7, 11) is 1.76. The van der Waals surface area contributed by atoms with Crippen molar-refractivity contribution in [2.24, 2.45) is 0 Å². The van der Waals surface area contributed by atoms with Crippen LogP contribution in [0.5, 0.6) is 5.75 Å². The fraction of sp³-hybridized carbons (Fsp3) is 0.517. The quantitative estimate of drug-likeness (QED) is 0.370. The van der Waals surface area contributed by atoms with Crippen LogP contribution in [0.25, 0.3) is 10.9 Å². The van der Waals surface area contributed by atoms with Crippen molar-refractivity contribution >= 4 is 28.2 Å². The summed E-state index contributed by atoms with van der Waals surface area (Å²) >= 11 is 6.15. The first kappa shape index (κ1) is 24.5. The molecule has 188 valence electrons. The molecule has 3 aromatic rings. The Labute approximate surface area is 215 Å². The van der Waals surface area contributed by atoms with Gasteiger partial charge in [-0.2, -0.15) is 0 Å². The highest BCUT2D eigenvalue weighted by atomic mass is 35.5. The van der Waals surface area contributed by atoms with Crippen LogP contribution in [0, 0.1) is 0 Å². The van der Waals surface area contributed by atoms with Crippen LogP contribution in [0.2, 0.25) is 5.02 Å². The number of hydrogen-bond donors (Lipinski definition) is 1. The molecule has 0 spiro atoms. The number of halogens is 1. The maximum atomic E-state index is 6.15. The minimum Gasteiger partial charge on any atom is -0.495 e. The Morgan fingerprint density at radius 2 is 1.60 bits per heavy atom. The summed E-state index contributed by atoms with van der Waals surface area (Å²) in [6.45, 7) is 9.37. The van der Waals surface area contributed by atoms with Crippen molar-refractivity contribution in [3.8, 4) is 5.75 Å². The maximum Gasteiger partial charge on any atom is 0.142 e. The molecule has 1 N–H and O–H groups in total. The van der Waals surface area contributed by atoms with Crippen molar-refractivity contribution in [2.45, 2.75) is 38.0 Å². The number of H-pyrrole nitrogens is 1. The second-order valence-corrected chi connectivity index (χ2v) is 10.5. The topological polar surface area (TPSA) is 34.7 Å². The molecule has 2 aromatic carbocycles. The van der Waals surface area contributed by atoms with Gasteiger partial charge in [-0.1, -0.05) is 36.2 Å². The number of nitrogens with zero attached hydrogens (tertiary/aromatic N) is 3. The normalized spacial score (nSPS) is 18.4. The molecule has 0 saturated carbocycles. The molecule has 0 amide bonds. The Bertz CT molecular complexity index is 1080. The number of anilines is 1. The molecule has 0 unspecified atom stereocenters. The number of para-hydroxylation sites is 2. The second kappa shape index (κ2) is 11.7. The van der Waals surface area contributed by atoms with Crippen LogP contribution in [-0.2, 0) is 0 Å². The monoisotopic (exact) mass is 494 g/mol. The number of nitrogens with one attached hydrogen (secondary N) is 1. The summed E-state index contributed by atoms with van der Waals surface area (Å²) in [5.41, 5.74) is 3.87. The van der Waals surface area contributed by atoms with Gasteiger partial charge in [0.15, 0.2) is 0 Å². The van der Waals surface area contributed by atoms with E-state index in [9.17, 15) is 0 Å². The van der Waals surface area contributed by atoms with Crippen LogP contribution in [0.1, 0.15) is 43.6 Å². The highest BCUT2D eigenvalue weighted by molar-refractivity contribution is 6.31. The van der Waals surface area contributed by atoms with Gasteiger partial charge in [0.05, 0.1) is 12.8 Å². The number of aromatic amines is 1. The van der Waals surface area contributed by atoms with Crippen molar-refractivity contribution in [3.63, 3.8) is 0 Å². The Kier molecular flexibility index (Phi) is 8.17. The molecule has 0 bridgehead atoms. The fourth-order valence-corrected chi connectivity index (χ4v) is 6.05. The number of piperidine rings is 1. The smallest absolute Gasteiger partial charge is 0.142 e. The highest BCUT2D eigenvalue weighted by Crippen LogP contribution is 2.34. The van der Waals surface area contributed by atoms with E-state index in [0.717, 1.165) is 42.5 Å².